The highest BCUT2D eigenvalue weighted by Crippen LogP contribution is 2.40. The van der Waals surface area contributed by atoms with Crippen LogP contribution in [0.15, 0.2) is 47.2 Å². The van der Waals surface area contributed by atoms with Gasteiger partial charge < -0.3 is 9.67 Å². The molecule has 0 amide bonds. The van der Waals surface area contributed by atoms with Crippen LogP contribution in [0, 0.1) is 5.92 Å². The lowest BCUT2D eigenvalue weighted by atomic mass is 10.1. The molecule has 0 radical (unpaired) electrons. The number of aliphatic hydroxyl groups excluding tert-OH is 1. The van der Waals surface area contributed by atoms with Gasteiger partial charge in [0, 0.05) is 23.4 Å². The van der Waals surface area contributed by atoms with Crippen LogP contribution >= 0.6 is 15.9 Å². The molecule has 1 aliphatic rings. The summed E-state index contributed by atoms with van der Waals surface area (Å²) in [6.45, 7) is 0.852. The van der Waals surface area contributed by atoms with Crippen LogP contribution in [0.25, 0.3) is 0 Å². The van der Waals surface area contributed by atoms with Crippen LogP contribution in [0.3, 0.4) is 0 Å². The molecule has 0 aliphatic heterocycles. The second-order valence-corrected chi connectivity index (χ2v) is 5.94. The van der Waals surface area contributed by atoms with Crippen molar-refractivity contribution in [1.82, 2.24) is 4.57 Å². The monoisotopic (exact) mass is 305 g/mol. The molecule has 18 heavy (non-hydrogen) atoms. The van der Waals surface area contributed by atoms with Gasteiger partial charge >= 0.3 is 0 Å². The highest BCUT2D eigenvalue weighted by atomic mass is 79.9. The van der Waals surface area contributed by atoms with E-state index in [1.807, 2.05) is 12.3 Å². The van der Waals surface area contributed by atoms with Gasteiger partial charge in [-0.05, 0) is 48.1 Å². The normalized spacial score (nSPS) is 16.8. The van der Waals surface area contributed by atoms with E-state index in [0.717, 1.165) is 16.6 Å². The van der Waals surface area contributed by atoms with Crippen LogP contribution < -0.4 is 0 Å². The summed E-state index contributed by atoms with van der Waals surface area (Å²) in [5.74, 6) is 0.494. The highest BCUT2D eigenvalue weighted by Gasteiger charge is 2.31. The van der Waals surface area contributed by atoms with Gasteiger partial charge in [-0.15, -0.1) is 0 Å². The third-order valence-electron chi connectivity index (χ3n) is 3.46. The minimum atomic E-state index is -0.267. The maximum absolute atomic E-state index is 10.1. The molecule has 1 aromatic carbocycles. The van der Waals surface area contributed by atoms with Crippen LogP contribution in [0.1, 0.15) is 30.1 Å². The minimum absolute atomic E-state index is 0.267. The average molecular weight is 306 g/mol. The average Bonchev–Trinajstić information content (AvgIpc) is 3.12. The molecule has 0 spiro atoms. The number of hydrogen-bond acceptors (Lipinski definition) is 1. The van der Waals surface area contributed by atoms with Gasteiger partial charge in [0.2, 0.25) is 0 Å². The summed E-state index contributed by atoms with van der Waals surface area (Å²) in [6.07, 6.45) is 6.17. The largest absolute Gasteiger partial charge is 0.388 e. The Hall–Kier alpha value is -1.06. The summed E-state index contributed by atoms with van der Waals surface area (Å²) in [6, 6.07) is 10.4. The van der Waals surface area contributed by atoms with Crippen LogP contribution in [-0.2, 0) is 6.54 Å². The molecule has 1 unspecified atom stereocenters. The maximum atomic E-state index is 10.1. The number of nitrogens with zero attached hydrogens (tertiary/aromatic N) is 1. The third kappa shape index (κ3) is 2.68. The SMILES string of the molecule is OC(c1ccn(Cc2ccc(Br)cc2)c1)C1CC1. The van der Waals surface area contributed by atoms with E-state index in [9.17, 15) is 5.11 Å². The summed E-state index contributed by atoms with van der Waals surface area (Å²) in [7, 11) is 0. The molecule has 1 saturated carbocycles. The second kappa shape index (κ2) is 4.90. The predicted molar refractivity (Wildman–Crippen MR) is 75.4 cm³/mol. The first-order valence-electron chi connectivity index (χ1n) is 6.30. The lowest BCUT2D eigenvalue weighted by molar-refractivity contribution is 0.154. The van der Waals surface area contributed by atoms with Crippen molar-refractivity contribution in [3.63, 3.8) is 0 Å². The van der Waals surface area contributed by atoms with E-state index in [1.165, 1.54) is 18.4 Å². The molecule has 3 heteroatoms. The molecule has 1 heterocycles. The number of rotatable bonds is 4. The van der Waals surface area contributed by atoms with Crippen molar-refractivity contribution in [3.05, 3.63) is 58.3 Å². The van der Waals surface area contributed by atoms with Crippen molar-refractivity contribution in [3.8, 4) is 0 Å². The third-order valence-corrected chi connectivity index (χ3v) is 3.99. The molecule has 1 atom stereocenters. The Bertz CT molecular complexity index is 528. The molecule has 1 N–H and O–H groups in total. The lowest BCUT2D eigenvalue weighted by Gasteiger charge is -2.06. The molecule has 2 aromatic rings. The predicted octanol–water partition coefficient (Wildman–Crippen LogP) is 3.74. The molecule has 0 bridgehead atoms. The van der Waals surface area contributed by atoms with Crippen molar-refractivity contribution in [2.75, 3.05) is 0 Å². The molecule has 1 aromatic heterocycles. The molecule has 0 saturated heterocycles. The second-order valence-electron chi connectivity index (χ2n) is 5.03. The van der Waals surface area contributed by atoms with Crippen LogP contribution in [0.2, 0.25) is 0 Å². The quantitative estimate of drug-likeness (QED) is 0.914. The van der Waals surface area contributed by atoms with Crippen molar-refractivity contribution in [2.45, 2.75) is 25.5 Å². The first kappa shape index (κ1) is 12.0. The first-order chi connectivity index (χ1) is 8.72. The highest BCUT2D eigenvalue weighted by molar-refractivity contribution is 9.10. The Morgan fingerprint density at radius 3 is 2.61 bits per heavy atom. The standard InChI is InChI=1S/C15H16BrNO/c16-14-5-1-11(2-6-14)9-17-8-7-13(10-17)15(18)12-3-4-12/h1-2,5-8,10,12,15,18H,3-4,9H2. The van der Waals surface area contributed by atoms with Gasteiger partial charge in [-0.3, -0.25) is 0 Å². The van der Waals surface area contributed by atoms with Crippen LogP contribution in [0.4, 0.5) is 0 Å². The molecule has 1 fully saturated rings. The number of benzene rings is 1. The molecule has 1 aliphatic carbocycles. The first-order valence-corrected chi connectivity index (χ1v) is 7.10. The van der Waals surface area contributed by atoms with Crippen LogP contribution in [0.5, 0.6) is 0 Å². The lowest BCUT2D eigenvalue weighted by Crippen LogP contribution is -1.99. The van der Waals surface area contributed by atoms with Crippen molar-refractivity contribution >= 4 is 15.9 Å². The van der Waals surface area contributed by atoms with Gasteiger partial charge in [0.05, 0.1) is 6.10 Å². The summed E-state index contributed by atoms with van der Waals surface area (Å²) in [4.78, 5) is 0. The summed E-state index contributed by atoms with van der Waals surface area (Å²) in [5.41, 5.74) is 2.32. The molecule has 2 nitrogen and oxygen atoms in total. The number of halogens is 1. The fourth-order valence-electron chi connectivity index (χ4n) is 2.22. The zero-order valence-corrected chi connectivity index (χ0v) is 11.7. The number of hydrogen-bond donors (Lipinski definition) is 1. The number of aromatic nitrogens is 1. The van der Waals surface area contributed by atoms with E-state index < -0.39 is 0 Å². The Morgan fingerprint density at radius 1 is 1.22 bits per heavy atom. The van der Waals surface area contributed by atoms with Gasteiger partial charge in [-0.1, -0.05) is 28.1 Å². The van der Waals surface area contributed by atoms with Gasteiger partial charge in [-0.2, -0.15) is 0 Å². The Labute approximate surface area is 115 Å². The Morgan fingerprint density at radius 2 is 1.94 bits per heavy atom. The number of aliphatic hydroxyl groups is 1. The van der Waals surface area contributed by atoms with Gasteiger partial charge in [0.1, 0.15) is 0 Å². The Kier molecular flexibility index (Phi) is 3.27. The van der Waals surface area contributed by atoms with Gasteiger partial charge in [-0.25, -0.2) is 0 Å². The molecule has 3 rings (SSSR count). The van der Waals surface area contributed by atoms with E-state index in [2.05, 4.69) is 51.0 Å². The molecular weight excluding hydrogens is 290 g/mol. The molecule has 94 valence electrons. The smallest absolute Gasteiger partial charge is 0.0832 e. The minimum Gasteiger partial charge on any atom is -0.388 e. The maximum Gasteiger partial charge on any atom is 0.0832 e. The summed E-state index contributed by atoms with van der Waals surface area (Å²) in [5, 5.41) is 10.1. The zero-order valence-electron chi connectivity index (χ0n) is 10.1. The van der Waals surface area contributed by atoms with Crippen molar-refractivity contribution in [1.29, 1.82) is 0 Å². The Balaban J connectivity index is 1.71. The van der Waals surface area contributed by atoms with E-state index in [1.54, 1.807) is 0 Å². The van der Waals surface area contributed by atoms with E-state index in [0.29, 0.717) is 5.92 Å². The van der Waals surface area contributed by atoms with Gasteiger partial charge in [0.25, 0.3) is 0 Å². The van der Waals surface area contributed by atoms with E-state index in [4.69, 9.17) is 0 Å². The topological polar surface area (TPSA) is 25.2 Å². The van der Waals surface area contributed by atoms with Crippen molar-refractivity contribution in [2.24, 2.45) is 5.92 Å². The van der Waals surface area contributed by atoms with Crippen LogP contribution in [-0.4, -0.2) is 9.67 Å². The van der Waals surface area contributed by atoms with Gasteiger partial charge in [0.15, 0.2) is 0 Å². The van der Waals surface area contributed by atoms with Crippen molar-refractivity contribution < 1.29 is 5.11 Å². The van der Waals surface area contributed by atoms with E-state index in [-0.39, 0.29) is 6.10 Å². The summed E-state index contributed by atoms with van der Waals surface area (Å²) >= 11 is 3.44. The summed E-state index contributed by atoms with van der Waals surface area (Å²) < 4.78 is 3.23. The molecular formula is C15H16BrNO. The van der Waals surface area contributed by atoms with E-state index >= 15 is 0 Å². The zero-order chi connectivity index (χ0) is 12.5. The fourth-order valence-corrected chi connectivity index (χ4v) is 2.48. The fraction of sp³-hybridized carbons (Fsp3) is 0.333.